The molecule has 0 amide bonds. The number of non-ortho nitro benzene ring substituents is 1. The summed E-state index contributed by atoms with van der Waals surface area (Å²) in [7, 11) is 0. The molecule has 0 saturated carbocycles. The summed E-state index contributed by atoms with van der Waals surface area (Å²) in [6.45, 7) is 1.85. The highest BCUT2D eigenvalue weighted by Gasteiger charge is 2.12. The Balaban J connectivity index is 2.19. The molecule has 0 radical (unpaired) electrons. The van der Waals surface area contributed by atoms with E-state index in [2.05, 4.69) is 0 Å². The van der Waals surface area contributed by atoms with E-state index in [0.29, 0.717) is 5.75 Å². The van der Waals surface area contributed by atoms with Gasteiger partial charge in [0.1, 0.15) is 5.75 Å². The number of nitrogens with zero attached hydrogens (tertiary/aromatic N) is 1. The quantitative estimate of drug-likeness (QED) is 0.684. The maximum absolute atomic E-state index is 13.7. The third-order valence-corrected chi connectivity index (χ3v) is 2.76. The van der Waals surface area contributed by atoms with Crippen LogP contribution in [0.15, 0.2) is 42.5 Å². The summed E-state index contributed by atoms with van der Waals surface area (Å²) >= 11 is 0. The Labute approximate surface area is 114 Å². The molecule has 0 aliphatic rings. The third kappa shape index (κ3) is 3.10. The fourth-order valence-electron chi connectivity index (χ4n) is 1.65. The zero-order valence-electron chi connectivity index (χ0n) is 10.7. The summed E-state index contributed by atoms with van der Waals surface area (Å²) in [6, 6.07) is 10.0. The highest BCUT2D eigenvalue weighted by atomic mass is 19.1. The van der Waals surface area contributed by atoms with E-state index in [-0.39, 0.29) is 17.5 Å². The molecule has 2 rings (SSSR count). The molecule has 1 atom stereocenters. The fraction of sp³-hybridized carbons (Fsp3) is 0.143. The summed E-state index contributed by atoms with van der Waals surface area (Å²) in [5, 5.41) is 10.5. The van der Waals surface area contributed by atoms with Crippen molar-refractivity contribution >= 4 is 5.69 Å². The molecule has 2 N–H and O–H groups in total. The Hall–Kier alpha value is -2.47. The van der Waals surface area contributed by atoms with Gasteiger partial charge in [0.2, 0.25) is 0 Å². The van der Waals surface area contributed by atoms with E-state index in [4.69, 9.17) is 10.5 Å². The summed E-state index contributed by atoms with van der Waals surface area (Å²) in [5.41, 5.74) is 6.34. The highest BCUT2D eigenvalue weighted by Crippen LogP contribution is 2.28. The van der Waals surface area contributed by atoms with Crippen LogP contribution in [-0.4, -0.2) is 4.92 Å². The average molecular weight is 276 g/mol. The molecule has 0 aliphatic heterocycles. The van der Waals surface area contributed by atoms with Crippen LogP contribution in [0, 0.1) is 15.9 Å². The first kappa shape index (κ1) is 14.0. The Morgan fingerprint density at radius 1 is 1.25 bits per heavy atom. The molecule has 0 saturated heterocycles. The van der Waals surface area contributed by atoms with Gasteiger partial charge in [-0.25, -0.2) is 4.39 Å². The highest BCUT2D eigenvalue weighted by molar-refractivity contribution is 5.40. The van der Waals surface area contributed by atoms with E-state index < -0.39 is 10.7 Å². The van der Waals surface area contributed by atoms with Crippen LogP contribution in [0.2, 0.25) is 0 Å². The zero-order chi connectivity index (χ0) is 14.7. The van der Waals surface area contributed by atoms with E-state index in [1.54, 1.807) is 24.3 Å². The van der Waals surface area contributed by atoms with Gasteiger partial charge in [-0.05, 0) is 30.7 Å². The van der Waals surface area contributed by atoms with Gasteiger partial charge in [-0.15, -0.1) is 0 Å². The summed E-state index contributed by atoms with van der Waals surface area (Å²) in [6.07, 6.45) is 0. The van der Waals surface area contributed by atoms with Gasteiger partial charge in [-0.1, -0.05) is 12.1 Å². The number of hydrogen-bond donors (Lipinski definition) is 1. The first-order valence-corrected chi connectivity index (χ1v) is 5.94. The van der Waals surface area contributed by atoms with E-state index in [0.717, 1.165) is 11.6 Å². The maximum Gasteiger partial charge on any atom is 0.272 e. The second-order valence-corrected chi connectivity index (χ2v) is 4.33. The van der Waals surface area contributed by atoms with Crippen LogP contribution in [0.4, 0.5) is 10.1 Å². The predicted octanol–water partition coefficient (Wildman–Crippen LogP) is 3.55. The second-order valence-electron chi connectivity index (χ2n) is 4.33. The minimum Gasteiger partial charge on any atom is -0.454 e. The van der Waals surface area contributed by atoms with Crippen molar-refractivity contribution < 1.29 is 14.1 Å². The molecule has 0 aromatic heterocycles. The Kier molecular flexibility index (Phi) is 3.95. The molecule has 0 heterocycles. The van der Waals surface area contributed by atoms with Gasteiger partial charge in [0.05, 0.1) is 11.0 Å². The Morgan fingerprint density at radius 3 is 2.40 bits per heavy atom. The van der Waals surface area contributed by atoms with Crippen molar-refractivity contribution in [2.45, 2.75) is 13.0 Å². The van der Waals surface area contributed by atoms with Gasteiger partial charge in [0.25, 0.3) is 5.69 Å². The lowest BCUT2D eigenvalue weighted by molar-refractivity contribution is -0.385. The molecule has 104 valence electrons. The zero-order valence-corrected chi connectivity index (χ0v) is 10.7. The molecule has 20 heavy (non-hydrogen) atoms. The number of ether oxygens (including phenoxy) is 1. The standard InChI is InChI=1S/C14H13FN2O3/c1-9(16)10-2-5-12(6-3-10)20-14-7-4-11(17(18)19)8-13(14)15/h2-9H,16H2,1H3/t9-/m1/s1. The number of hydrogen-bond acceptors (Lipinski definition) is 4. The number of halogens is 1. The van der Waals surface area contributed by atoms with Crippen LogP contribution in [0.25, 0.3) is 0 Å². The lowest BCUT2D eigenvalue weighted by Gasteiger charge is -2.09. The molecule has 0 bridgehead atoms. The number of nitrogens with two attached hydrogens (primary N) is 1. The van der Waals surface area contributed by atoms with Crippen molar-refractivity contribution in [3.05, 3.63) is 64.0 Å². The maximum atomic E-state index is 13.7. The number of rotatable bonds is 4. The number of nitro benzene ring substituents is 1. The van der Waals surface area contributed by atoms with Crippen LogP contribution < -0.4 is 10.5 Å². The van der Waals surface area contributed by atoms with Gasteiger partial charge in [0.15, 0.2) is 11.6 Å². The molecule has 0 fully saturated rings. The second kappa shape index (κ2) is 5.66. The van der Waals surface area contributed by atoms with Crippen molar-refractivity contribution in [2.24, 2.45) is 5.73 Å². The molecule has 0 aliphatic carbocycles. The fourth-order valence-corrected chi connectivity index (χ4v) is 1.65. The summed E-state index contributed by atoms with van der Waals surface area (Å²) in [4.78, 5) is 9.85. The van der Waals surface area contributed by atoms with Crippen molar-refractivity contribution in [3.63, 3.8) is 0 Å². The van der Waals surface area contributed by atoms with Crippen LogP contribution in [0.1, 0.15) is 18.5 Å². The molecule has 2 aromatic rings. The van der Waals surface area contributed by atoms with Gasteiger partial charge in [0, 0.05) is 12.1 Å². The molecule has 2 aromatic carbocycles. The molecule has 0 unspecified atom stereocenters. The third-order valence-electron chi connectivity index (χ3n) is 2.76. The molecule has 0 spiro atoms. The molecule has 5 nitrogen and oxygen atoms in total. The lowest BCUT2D eigenvalue weighted by Crippen LogP contribution is -2.04. The number of nitro groups is 1. The minimum absolute atomic E-state index is 0.0656. The number of benzene rings is 2. The normalized spacial score (nSPS) is 11.9. The molecule has 6 heteroatoms. The first-order chi connectivity index (χ1) is 9.47. The Morgan fingerprint density at radius 2 is 1.90 bits per heavy atom. The van der Waals surface area contributed by atoms with Gasteiger partial charge in [-0.3, -0.25) is 10.1 Å². The van der Waals surface area contributed by atoms with E-state index >= 15 is 0 Å². The van der Waals surface area contributed by atoms with Crippen LogP contribution >= 0.6 is 0 Å². The summed E-state index contributed by atoms with van der Waals surface area (Å²) in [5.74, 6) is -0.415. The molecular weight excluding hydrogens is 263 g/mol. The van der Waals surface area contributed by atoms with Crippen molar-refractivity contribution in [1.29, 1.82) is 0 Å². The van der Waals surface area contributed by atoms with Crippen molar-refractivity contribution in [3.8, 4) is 11.5 Å². The largest absolute Gasteiger partial charge is 0.454 e. The average Bonchev–Trinajstić information content (AvgIpc) is 2.41. The Bertz CT molecular complexity index is 627. The summed E-state index contributed by atoms with van der Waals surface area (Å²) < 4.78 is 19.0. The van der Waals surface area contributed by atoms with Gasteiger partial charge in [-0.2, -0.15) is 0 Å². The van der Waals surface area contributed by atoms with Crippen molar-refractivity contribution in [1.82, 2.24) is 0 Å². The van der Waals surface area contributed by atoms with E-state index in [1.165, 1.54) is 12.1 Å². The van der Waals surface area contributed by atoms with Crippen LogP contribution in [0.5, 0.6) is 11.5 Å². The first-order valence-electron chi connectivity index (χ1n) is 5.94. The lowest BCUT2D eigenvalue weighted by atomic mass is 10.1. The monoisotopic (exact) mass is 276 g/mol. The van der Waals surface area contributed by atoms with Crippen molar-refractivity contribution in [2.75, 3.05) is 0 Å². The van der Waals surface area contributed by atoms with Gasteiger partial charge >= 0.3 is 0 Å². The van der Waals surface area contributed by atoms with Crippen LogP contribution in [0.3, 0.4) is 0 Å². The van der Waals surface area contributed by atoms with Gasteiger partial charge < -0.3 is 10.5 Å². The van der Waals surface area contributed by atoms with E-state index in [9.17, 15) is 14.5 Å². The topological polar surface area (TPSA) is 78.4 Å². The van der Waals surface area contributed by atoms with Crippen LogP contribution in [-0.2, 0) is 0 Å². The minimum atomic E-state index is -0.782. The smallest absolute Gasteiger partial charge is 0.272 e. The predicted molar refractivity (Wildman–Crippen MR) is 72.2 cm³/mol. The molecular formula is C14H13FN2O3. The van der Waals surface area contributed by atoms with E-state index in [1.807, 2.05) is 6.92 Å². The SMILES string of the molecule is C[C@@H](N)c1ccc(Oc2ccc([N+](=O)[O-])cc2F)cc1.